The molecule has 0 atom stereocenters. The maximum Gasteiger partial charge on any atom is 0.535 e. The Balaban J connectivity index is 2.94. The Labute approximate surface area is 74.4 Å². The molecule has 1 rings (SSSR count). The van der Waals surface area contributed by atoms with Crippen molar-refractivity contribution >= 4 is 46.5 Å². The number of nitrogens with zero attached hydrogens (tertiary/aromatic N) is 1. The van der Waals surface area contributed by atoms with Crippen LogP contribution in [0.15, 0.2) is 18.3 Å². The number of rotatable bonds is 1. The van der Waals surface area contributed by atoms with Gasteiger partial charge in [-0.25, -0.2) is 0 Å². The van der Waals surface area contributed by atoms with Gasteiger partial charge in [-0.05, 0) is 6.07 Å². The summed E-state index contributed by atoms with van der Waals surface area (Å²) >= 11 is 8.78. The van der Waals surface area contributed by atoms with E-state index in [1.54, 1.807) is 12.3 Å². The number of halogens is 2. The van der Waals surface area contributed by atoms with Crippen LogP contribution in [-0.4, -0.2) is 23.2 Å². The summed E-state index contributed by atoms with van der Waals surface area (Å²) in [6.45, 7) is 0. The molecule has 0 aliphatic heterocycles. The van der Waals surface area contributed by atoms with Crippen LogP contribution in [0, 0.1) is 0 Å². The van der Waals surface area contributed by atoms with E-state index >= 15 is 0 Å². The zero-order valence-electron chi connectivity index (χ0n) is 4.64. The first-order valence-corrected chi connectivity index (χ1v) is 7.47. The molecule has 0 N–H and O–H groups in total. The number of hydrogen-bond donors (Lipinski definition) is 0. The van der Waals surface area contributed by atoms with E-state index in [-0.39, 0.29) is 18.2 Å². The predicted molar refractivity (Wildman–Crippen MR) is 43.6 cm³/mol. The maximum atomic E-state index is 5.68. The van der Waals surface area contributed by atoms with Crippen molar-refractivity contribution in [3.63, 3.8) is 0 Å². The van der Waals surface area contributed by atoms with Gasteiger partial charge in [0.05, 0.1) is 0 Å². The molecule has 1 heterocycles. The normalized spacial score (nSPS) is 8.67. The molecular formula is C5H3BrClMgN. The van der Waals surface area contributed by atoms with Gasteiger partial charge in [0.25, 0.3) is 0 Å². The van der Waals surface area contributed by atoms with Gasteiger partial charge < -0.3 is 0 Å². The second-order valence-corrected chi connectivity index (χ2v) is 4.71. The predicted octanol–water partition coefficient (Wildman–Crippen LogP) is 1.37. The summed E-state index contributed by atoms with van der Waals surface area (Å²) in [6, 6.07) is 3.67. The van der Waals surface area contributed by atoms with Gasteiger partial charge in [0.2, 0.25) is 0 Å². The molecule has 0 bridgehead atoms. The SMILES string of the molecule is Clc1ccn[c]([Mg][Br])c1. The molecule has 0 spiro atoms. The Kier molecular flexibility index (Phi) is 3.25. The first-order valence-electron chi connectivity index (χ1n) is 2.49. The maximum absolute atomic E-state index is 5.68. The van der Waals surface area contributed by atoms with Crippen LogP contribution in [0.25, 0.3) is 0 Å². The Bertz CT molecular complexity index is 206. The summed E-state index contributed by atoms with van der Waals surface area (Å²) in [6.07, 6.45) is 1.73. The number of hydrogen-bond acceptors (Lipinski definition) is 1. The monoisotopic (exact) mass is 215 g/mol. The quantitative estimate of drug-likeness (QED) is 0.647. The fourth-order valence-corrected chi connectivity index (χ4v) is 2.22. The smallest absolute Gasteiger partial charge is 0.293 e. The third-order valence-electron chi connectivity index (χ3n) is 0.916. The minimum Gasteiger partial charge on any atom is -0.293 e. The van der Waals surface area contributed by atoms with Gasteiger partial charge in [-0.1, -0.05) is 21.5 Å². The third kappa shape index (κ3) is 2.41. The van der Waals surface area contributed by atoms with Crippen LogP contribution < -0.4 is 3.82 Å². The fraction of sp³-hybridized carbons (Fsp3) is 0. The second-order valence-electron chi connectivity index (χ2n) is 1.60. The summed E-state index contributed by atoms with van der Waals surface area (Å²) in [5, 5.41) is 0.770. The average Bonchev–Trinajstić information content (AvgIpc) is 1.88. The Morgan fingerprint density at radius 2 is 2.44 bits per heavy atom. The summed E-state index contributed by atoms with van der Waals surface area (Å²) in [7, 11) is 0. The topological polar surface area (TPSA) is 12.9 Å². The average molecular weight is 217 g/mol. The van der Waals surface area contributed by atoms with E-state index < -0.39 is 0 Å². The molecular weight excluding hydrogens is 214 g/mol. The van der Waals surface area contributed by atoms with Gasteiger partial charge in [-0.3, -0.25) is 17.9 Å². The lowest BCUT2D eigenvalue weighted by Gasteiger charge is -1.91. The second kappa shape index (κ2) is 3.76. The van der Waals surface area contributed by atoms with Crippen molar-refractivity contribution in [2.75, 3.05) is 0 Å². The van der Waals surface area contributed by atoms with Crippen LogP contribution in [0.1, 0.15) is 0 Å². The summed E-state index contributed by atoms with van der Waals surface area (Å²) in [5.41, 5.74) is 0. The molecule has 0 radical (unpaired) electrons. The van der Waals surface area contributed by atoms with Crippen molar-refractivity contribution in [3.8, 4) is 0 Å². The Morgan fingerprint density at radius 3 is 2.89 bits per heavy atom. The first-order chi connectivity index (χ1) is 4.33. The van der Waals surface area contributed by atoms with E-state index in [1.807, 2.05) is 6.07 Å². The standard InChI is InChI=1S/C5H3ClN.BrH.Mg/c6-5-1-3-7-4-2-5;;/h1-3H;1H;/q;;+1/p-1. The van der Waals surface area contributed by atoms with Crippen LogP contribution >= 0.6 is 24.5 Å². The molecule has 9 heavy (non-hydrogen) atoms. The minimum absolute atomic E-state index is 0.313. The Hall–Kier alpha value is 0.686. The van der Waals surface area contributed by atoms with E-state index in [9.17, 15) is 0 Å². The van der Waals surface area contributed by atoms with Gasteiger partial charge in [0, 0.05) is 11.2 Å². The molecule has 1 aromatic rings. The first kappa shape index (κ1) is 7.79. The van der Waals surface area contributed by atoms with Crippen molar-refractivity contribution in [1.82, 2.24) is 4.98 Å². The molecule has 0 amide bonds. The molecule has 0 saturated carbocycles. The third-order valence-corrected chi connectivity index (χ3v) is 3.53. The highest BCUT2D eigenvalue weighted by Crippen LogP contribution is 2.01. The zero-order chi connectivity index (χ0) is 6.69. The molecule has 0 aliphatic rings. The highest BCUT2D eigenvalue weighted by Gasteiger charge is 1.95. The molecule has 0 saturated heterocycles. The van der Waals surface area contributed by atoms with Gasteiger partial charge in [-0.15, -0.1) is 0 Å². The van der Waals surface area contributed by atoms with Gasteiger partial charge in [0.15, 0.2) is 0 Å². The molecule has 0 fully saturated rings. The van der Waals surface area contributed by atoms with Crippen molar-refractivity contribution in [2.24, 2.45) is 0 Å². The number of aromatic nitrogens is 1. The van der Waals surface area contributed by atoms with E-state index in [4.69, 9.17) is 11.6 Å². The molecule has 0 aliphatic carbocycles. The molecule has 1 aromatic heterocycles. The Morgan fingerprint density at radius 1 is 1.67 bits per heavy atom. The highest BCUT2D eigenvalue weighted by molar-refractivity contribution is 9.23. The lowest BCUT2D eigenvalue weighted by molar-refractivity contribution is 1.39. The van der Waals surface area contributed by atoms with E-state index in [1.165, 1.54) is 0 Å². The molecule has 0 unspecified atom stereocenters. The lowest BCUT2D eigenvalue weighted by atomic mass is 10.5. The van der Waals surface area contributed by atoms with Crippen LogP contribution in [0.5, 0.6) is 0 Å². The van der Waals surface area contributed by atoms with Gasteiger partial charge >= 0.3 is 18.2 Å². The van der Waals surface area contributed by atoms with Crippen molar-refractivity contribution in [2.45, 2.75) is 0 Å². The van der Waals surface area contributed by atoms with Crippen LogP contribution in [0.3, 0.4) is 0 Å². The molecule has 1 nitrogen and oxygen atoms in total. The van der Waals surface area contributed by atoms with E-state index in [0.29, 0.717) is 0 Å². The van der Waals surface area contributed by atoms with Crippen molar-refractivity contribution in [1.29, 1.82) is 0 Å². The van der Waals surface area contributed by atoms with Crippen molar-refractivity contribution in [3.05, 3.63) is 23.4 Å². The summed E-state index contributed by atoms with van der Waals surface area (Å²) in [5.74, 6) is 0. The lowest BCUT2D eigenvalue weighted by Crippen LogP contribution is -2.11. The van der Waals surface area contributed by atoms with Crippen LogP contribution in [0.2, 0.25) is 5.02 Å². The van der Waals surface area contributed by atoms with Crippen LogP contribution in [-0.2, 0) is 0 Å². The largest absolute Gasteiger partial charge is 0.535 e. The molecule has 0 aromatic carbocycles. The van der Waals surface area contributed by atoms with Gasteiger partial charge in [0.1, 0.15) is 0 Å². The fourth-order valence-electron chi connectivity index (χ4n) is 0.522. The van der Waals surface area contributed by atoms with Crippen molar-refractivity contribution < 1.29 is 0 Å². The van der Waals surface area contributed by atoms with E-state index in [2.05, 4.69) is 17.9 Å². The summed E-state index contributed by atoms with van der Waals surface area (Å²) < 4.78 is 1.10. The molecule has 4 heteroatoms. The van der Waals surface area contributed by atoms with Gasteiger partial charge in [-0.2, -0.15) is 0 Å². The highest BCUT2D eigenvalue weighted by atomic mass is 79.9. The summed E-state index contributed by atoms with van der Waals surface area (Å²) in [4.78, 5) is 4.09. The minimum atomic E-state index is -0.313. The number of pyridine rings is 1. The van der Waals surface area contributed by atoms with Crippen LogP contribution in [0.4, 0.5) is 0 Å². The zero-order valence-corrected chi connectivity index (χ0v) is 8.40. The van der Waals surface area contributed by atoms with E-state index in [0.717, 1.165) is 8.85 Å². The molecule has 44 valence electrons.